The molecule has 2 amide bonds. The Bertz CT molecular complexity index is 1220. The summed E-state index contributed by atoms with van der Waals surface area (Å²) < 4.78 is 27.6. The van der Waals surface area contributed by atoms with Crippen LogP contribution < -0.4 is 9.80 Å². The lowest BCUT2D eigenvalue weighted by Crippen LogP contribution is -2.42. The van der Waals surface area contributed by atoms with Gasteiger partial charge in [0, 0.05) is 36.9 Å². The largest absolute Gasteiger partial charge is 0.311 e. The summed E-state index contributed by atoms with van der Waals surface area (Å²) in [4.78, 5) is 29.5. The molecule has 1 fully saturated rings. The molecule has 5 rings (SSSR count). The highest BCUT2D eigenvalue weighted by molar-refractivity contribution is 7.89. The SMILES string of the molecule is CC1Cc2cc(S(=O)(=O)N(C)CC(=O)N3CCc4ccccc43)ccc2N1C(=O)C1CCC1. The first-order chi connectivity index (χ1) is 15.8. The van der Waals surface area contributed by atoms with Crippen molar-refractivity contribution in [3.05, 3.63) is 53.6 Å². The summed E-state index contributed by atoms with van der Waals surface area (Å²) in [7, 11) is -2.40. The lowest BCUT2D eigenvalue weighted by atomic mass is 9.84. The highest BCUT2D eigenvalue weighted by Gasteiger charge is 2.38. The predicted octanol–water partition coefficient (Wildman–Crippen LogP) is 2.97. The summed E-state index contributed by atoms with van der Waals surface area (Å²) in [5.41, 5.74) is 3.64. The van der Waals surface area contributed by atoms with Gasteiger partial charge in [-0.1, -0.05) is 24.6 Å². The maximum Gasteiger partial charge on any atom is 0.243 e. The molecule has 0 spiro atoms. The van der Waals surface area contributed by atoms with Gasteiger partial charge < -0.3 is 9.80 Å². The zero-order valence-corrected chi connectivity index (χ0v) is 19.8. The topological polar surface area (TPSA) is 78.0 Å². The molecule has 2 aliphatic heterocycles. The predicted molar refractivity (Wildman–Crippen MR) is 127 cm³/mol. The first-order valence-electron chi connectivity index (χ1n) is 11.6. The molecular weight excluding hydrogens is 438 g/mol. The number of hydrogen-bond acceptors (Lipinski definition) is 4. The van der Waals surface area contributed by atoms with Crippen LogP contribution >= 0.6 is 0 Å². The maximum atomic E-state index is 13.3. The van der Waals surface area contributed by atoms with E-state index in [1.54, 1.807) is 23.1 Å². The molecule has 1 saturated carbocycles. The number of hydrogen-bond donors (Lipinski definition) is 0. The van der Waals surface area contributed by atoms with E-state index in [1.165, 1.54) is 7.05 Å². The molecule has 0 N–H and O–H groups in total. The Hall–Kier alpha value is -2.71. The van der Waals surface area contributed by atoms with Crippen molar-refractivity contribution in [1.29, 1.82) is 0 Å². The zero-order valence-electron chi connectivity index (χ0n) is 19.0. The number of rotatable bonds is 5. The number of fused-ring (bicyclic) bond motifs is 2. The molecule has 2 aromatic rings. The van der Waals surface area contributed by atoms with E-state index in [2.05, 4.69) is 0 Å². The first-order valence-corrected chi connectivity index (χ1v) is 13.0. The number of anilines is 2. The minimum Gasteiger partial charge on any atom is -0.311 e. The van der Waals surface area contributed by atoms with Gasteiger partial charge in [-0.3, -0.25) is 9.59 Å². The molecule has 2 aromatic carbocycles. The highest BCUT2D eigenvalue weighted by Crippen LogP contribution is 2.38. The molecule has 7 nitrogen and oxygen atoms in total. The fourth-order valence-electron chi connectivity index (χ4n) is 5.09. The average Bonchev–Trinajstić information content (AvgIpc) is 3.31. The number of nitrogens with zero attached hydrogens (tertiary/aromatic N) is 3. The molecule has 0 radical (unpaired) electrons. The number of carbonyl (C=O) groups excluding carboxylic acids is 2. The van der Waals surface area contributed by atoms with Gasteiger partial charge in [0.05, 0.1) is 11.4 Å². The van der Waals surface area contributed by atoms with Gasteiger partial charge in [-0.15, -0.1) is 0 Å². The Morgan fingerprint density at radius 2 is 1.82 bits per heavy atom. The van der Waals surface area contributed by atoms with Gasteiger partial charge in [0.1, 0.15) is 0 Å². The van der Waals surface area contributed by atoms with Crippen LogP contribution in [0.15, 0.2) is 47.4 Å². The molecule has 1 atom stereocenters. The van der Waals surface area contributed by atoms with Crippen LogP contribution in [0.3, 0.4) is 0 Å². The molecule has 1 aliphatic carbocycles. The Morgan fingerprint density at radius 3 is 2.55 bits per heavy atom. The van der Waals surface area contributed by atoms with Gasteiger partial charge in [0.15, 0.2) is 0 Å². The highest BCUT2D eigenvalue weighted by atomic mass is 32.2. The Balaban J connectivity index is 1.33. The van der Waals surface area contributed by atoms with Crippen LogP contribution in [0.1, 0.15) is 37.3 Å². The van der Waals surface area contributed by atoms with Crippen LogP contribution in [0.5, 0.6) is 0 Å². The molecular formula is C25H29N3O4S. The minimum absolute atomic E-state index is 0.0144. The number of carbonyl (C=O) groups is 2. The van der Waals surface area contributed by atoms with Crippen LogP contribution in [0.2, 0.25) is 0 Å². The molecule has 0 bridgehead atoms. The van der Waals surface area contributed by atoms with Gasteiger partial charge in [0.25, 0.3) is 0 Å². The van der Waals surface area contributed by atoms with Crippen molar-refractivity contribution in [2.45, 2.75) is 50.0 Å². The summed E-state index contributed by atoms with van der Waals surface area (Å²) in [6.07, 6.45) is 4.37. The quantitative estimate of drug-likeness (QED) is 0.677. The van der Waals surface area contributed by atoms with Crippen LogP contribution in [0.4, 0.5) is 11.4 Å². The van der Waals surface area contributed by atoms with Gasteiger partial charge >= 0.3 is 0 Å². The van der Waals surface area contributed by atoms with Crippen molar-refractivity contribution in [3.63, 3.8) is 0 Å². The van der Waals surface area contributed by atoms with Crippen LogP contribution in [0.25, 0.3) is 0 Å². The van der Waals surface area contributed by atoms with E-state index in [0.717, 1.165) is 52.5 Å². The van der Waals surface area contributed by atoms with Crippen molar-refractivity contribution >= 4 is 33.2 Å². The van der Waals surface area contributed by atoms with Crippen molar-refractivity contribution < 1.29 is 18.0 Å². The second-order valence-corrected chi connectivity index (χ2v) is 11.4. The Kier molecular flexibility index (Phi) is 5.53. The normalized spacial score (nSPS) is 20.0. The number of likely N-dealkylation sites (N-methyl/N-ethyl adjacent to an activating group) is 1. The van der Waals surface area contributed by atoms with Crippen molar-refractivity contribution in [3.8, 4) is 0 Å². The smallest absolute Gasteiger partial charge is 0.243 e. The fourth-order valence-corrected chi connectivity index (χ4v) is 6.27. The lowest BCUT2D eigenvalue weighted by Gasteiger charge is -2.32. The monoisotopic (exact) mass is 467 g/mol. The second-order valence-electron chi connectivity index (χ2n) is 9.36. The number of sulfonamides is 1. The van der Waals surface area contributed by atoms with Gasteiger partial charge in [0.2, 0.25) is 21.8 Å². The average molecular weight is 468 g/mol. The minimum atomic E-state index is -3.85. The zero-order chi connectivity index (χ0) is 23.3. The number of benzene rings is 2. The van der Waals surface area contributed by atoms with E-state index >= 15 is 0 Å². The Labute approximate surface area is 195 Å². The third kappa shape index (κ3) is 3.75. The van der Waals surface area contributed by atoms with E-state index in [0.29, 0.717) is 13.0 Å². The van der Waals surface area contributed by atoms with Gasteiger partial charge in [-0.25, -0.2) is 8.42 Å². The fraction of sp³-hybridized carbons (Fsp3) is 0.440. The summed E-state index contributed by atoms with van der Waals surface area (Å²) in [5, 5.41) is 0. The van der Waals surface area contributed by atoms with Gasteiger partial charge in [-0.05, 0) is 68.0 Å². The second kappa shape index (κ2) is 8.25. The molecule has 0 aromatic heterocycles. The van der Waals surface area contributed by atoms with E-state index in [9.17, 15) is 18.0 Å². The van der Waals surface area contributed by atoms with Crippen LogP contribution in [0, 0.1) is 5.92 Å². The molecule has 3 aliphatic rings. The number of amides is 2. The van der Waals surface area contributed by atoms with E-state index in [1.807, 2.05) is 36.1 Å². The third-order valence-corrected chi connectivity index (χ3v) is 9.01. The summed E-state index contributed by atoms with van der Waals surface area (Å²) in [5.74, 6) is 0.00414. The third-order valence-electron chi connectivity index (χ3n) is 7.21. The van der Waals surface area contributed by atoms with Crippen molar-refractivity contribution in [2.24, 2.45) is 5.92 Å². The first kappa shape index (κ1) is 22.1. The van der Waals surface area contributed by atoms with Crippen molar-refractivity contribution in [2.75, 3.05) is 29.9 Å². The van der Waals surface area contributed by atoms with E-state index in [-0.39, 0.29) is 35.2 Å². The molecule has 2 heterocycles. The maximum absolute atomic E-state index is 13.3. The number of para-hydroxylation sites is 1. The van der Waals surface area contributed by atoms with E-state index < -0.39 is 10.0 Å². The van der Waals surface area contributed by atoms with Crippen molar-refractivity contribution in [1.82, 2.24) is 4.31 Å². The molecule has 33 heavy (non-hydrogen) atoms. The molecule has 1 unspecified atom stereocenters. The van der Waals surface area contributed by atoms with Crippen LogP contribution in [-0.2, 0) is 32.5 Å². The summed E-state index contributed by atoms with van der Waals surface area (Å²) in [6.45, 7) is 2.34. The lowest BCUT2D eigenvalue weighted by molar-refractivity contribution is -0.125. The Morgan fingerprint density at radius 1 is 1.06 bits per heavy atom. The molecule has 8 heteroatoms. The standard InChI is InChI=1S/C25H29N3O4S/c1-17-14-20-15-21(10-11-23(20)28(17)25(30)19-7-5-8-19)33(31,32)26(2)16-24(29)27-13-12-18-6-3-4-9-22(18)27/h3-4,6,9-11,15,17,19H,5,7-8,12-14,16H2,1-2H3. The van der Waals surface area contributed by atoms with Gasteiger partial charge in [-0.2, -0.15) is 4.31 Å². The summed E-state index contributed by atoms with van der Waals surface area (Å²) in [6, 6.07) is 12.7. The molecule has 174 valence electrons. The molecule has 0 saturated heterocycles. The van der Waals surface area contributed by atoms with Crippen LogP contribution in [-0.4, -0.2) is 50.7 Å². The van der Waals surface area contributed by atoms with E-state index in [4.69, 9.17) is 0 Å². The summed E-state index contributed by atoms with van der Waals surface area (Å²) >= 11 is 0.